The first-order valence-electron chi connectivity index (χ1n) is 12.2. The average molecular weight is 483 g/mol. The zero-order valence-electron chi connectivity index (χ0n) is 20.1. The SMILES string of the molecule is CC/C=C/COc1ccc(-c2ccc(-c3ccc(C4CCC(C)CC4)c(F)c3F)cc2)c(F)c1F. The zero-order chi connectivity index (χ0) is 24.9. The lowest BCUT2D eigenvalue weighted by molar-refractivity contribution is 0.332. The first-order chi connectivity index (χ1) is 16.9. The van der Waals surface area contributed by atoms with Crippen molar-refractivity contribution in [1.82, 2.24) is 0 Å². The van der Waals surface area contributed by atoms with Crippen molar-refractivity contribution in [3.8, 4) is 28.0 Å². The molecule has 1 aliphatic carbocycles. The predicted octanol–water partition coefficient (Wildman–Crippen LogP) is 9.22. The topological polar surface area (TPSA) is 9.23 Å². The number of hydrogen-bond donors (Lipinski definition) is 0. The minimum atomic E-state index is -1.06. The van der Waals surface area contributed by atoms with Gasteiger partial charge in [0.05, 0.1) is 0 Å². The fraction of sp³-hybridized carbons (Fsp3) is 0.333. The molecule has 184 valence electrons. The Kier molecular flexibility index (Phi) is 7.94. The molecule has 0 aromatic heterocycles. The smallest absolute Gasteiger partial charge is 0.201 e. The van der Waals surface area contributed by atoms with Gasteiger partial charge in [-0.05, 0) is 59.9 Å². The molecule has 0 radical (unpaired) electrons. The summed E-state index contributed by atoms with van der Waals surface area (Å²) < 4.78 is 64.5. The van der Waals surface area contributed by atoms with E-state index in [4.69, 9.17) is 4.74 Å². The molecule has 0 aliphatic heterocycles. The minimum absolute atomic E-state index is 0.0459. The molecule has 0 spiro atoms. The summed E-state index contributed by atoms with van der Waals surface area (Å²) >= 11 is 0. The van der Waals surface area contributed by atoms with Gasteiger partial charge in [0, 0.05) is 11.1 Å². The third-order valence-electron chi connectivity index (χ3n) is 6.86. The van der Waals surface area contributed by atoms with Crippen LogP contribution in [0, 0.1) is 29.2 Å². The van der Waals surface area contributed by atoms with Gasteiger partial charge in [-0.3, -0.25) is 0 Å². The van der Waals surface area contributed by atoms with Crippen LogP contribution in [0.4, 0.5) is 17.6 Å². The van der Waals surface area contributed by atoms with Gasteiger partial charge in [-0.15, -0.1) is 0 Å². The zero-order valence-corrected chi connectivity index (χ0v) is 20.1. The average Bonchev–Trinajstić information content (AvgIpc) is 2.87. The van der Waals surface area contributed by atoms with Gasteiger partial charge in [-0.25, -0.2) is 13.2 Å². The monoisotopic (exact) mass is 482 g/mol. The number of rotatable bonds is 7. The van der Waals surface area contributed by atoms with E-state index < -0.39 is 23.3 Å². The molecule has 1 nitrogen and oxygen atoms in total. The summed E-state index contributed by atoms with van der Waals surface area (Å²) in [6.07, 6.45) is 8.23. The van der Waals surface area contributed by atoms with Crippen LogP contribution in [-0.4, -0.2) is 6.61 Å². The van der Waals surface area contributed by atoms with Gasteiger partial charge in [-0.2, -0.15) is 4.39 Å². The van der Waals surface area contributed by atoms with Crippen LogP contribution < -0.4 is 4.74 Å². The Bertz CT molecular complexity index is 1190. The highest BCUT2D eigenvalue weighted by molar-refractivity contribution is 5.72. The van der Waals surface area contributed by atoms with Gasteiger partial charge in [0.2, 0.25) is 5.82 Å². The van der Waals surface area contributed by atoms with Crippen LogP contribution >= 0.6 is 0 Å². The van der Waals surface area contributed by atoms with Crippen molar-refractivity contribution < 1.29 is 22.3 Å². The van der Waals surface area contributed by atoms with Crippen LogP contribution in [0.15, 0.2) is 60.7 Å². The molecule has 1 aliphatic rings. The predicted molar refractivity (Wildman–Crippen MR) is 132 cm³/mol. The summed E-state index contributed by atoms with van der Waals surface area (Å²) in [5.74, 6) is -3.22. The fourth-order valence-corrected chi connectivity index (χ4v) is 4.74. The van der Waals surface area contributed by atoms with Crippen LogP contribution in [0.1, 0.15) is 57.4 Å². The molecule has 1 saturated carbocycles. The maximum Gasteiger partial charge on any atom is 0.201 e. The maximum atomic E-state index is 15.0. The minimum Gasteiger partial charge on any atom is -0.486 e. The third kappa shape index (κ3) is 5.44. The van der Waals surface area contributed by atoms with E-state index >= 15 is 4.39 Å². The van der Waals surface area contributed by atoms with Gasteiger partial charge in [0.1, 0.15) is 6.61 Å². The van der Waals surface area contributed by atoms with E-state index in [1.165, 1.54) is 12.1 Å². The Balaban J connectivity index is 1.55. The normalized spacial score (nSPS) is 18.2. The van der Waals surface area contributed by atoms with Gasteiger partial charge < -0.3 is 4.74 Å². The molecule has 3 aromatic rings. The molecule has 4 rings (SSSR count). The highest BCUT2D eigenvalue weighted by atomic mass is 19.2. The molecule has 0 unspecified atom stereocenters. The first-order valence-corrected chi connectivity index (χ1v) is 12.2. The lowest BCUT2D eigenvalue weighted by atomic mass is 9.79. The van der Waals surface area contributed by atoms with Crippen molar-refractivity contribution in [2.75, 3.05) is 6.61 Å². The molecule has 0 amide bonds. The largest absolute Gasteiger partial charge is 0.486 e. The van der Waals surface area contributed by atoms with E-state index in [1.807, 2.05) is 13.0 Å². The molecule has 0 heterocycles. The highest BCUT2D eigenvalue weighted by Gasteiger charge is 2.25. The molecule has 0 atom stereocenters. The Morgan fingerprint density at radius 1 is 0.714 bits per heavy atom. The lowest BCUT2D eigenvalue weighted by Gasteiger charge is -2.27. The van der Waals surface area contributed by atoms with Crippen LogP contribution in [0.2, 0.25) is 0 Å². The van der Waals surface area contributed by atoms with Crippen molar-refractivity contribution >= 4 is 0 Å². The molecular formula is C30H30F4O. The van der Waals surface area contributed by atoms with E-state index in [0.29, 0.717) is 22.6 Å². The quantitative estimate of drug-likeness (QED) is 0.241. The van der Waals surface area contributed by atoms with Crippen molar-refractivity contribution in [3.63, 3.8) is 0 Å². The van der Waals surface area contributed by atoms with Crippen molar-refractivity contribution in [2.24, 2.45) is 5.92 Å². The number of allylic oxidation sites excluding steroid dienone is 1. The van der Waals surface area contributed by atoms with Gasteiger partial charge in [0.25, 0.3) is 0 Å². The molecule has 35 heavy (non-hydrogen) atoms. The second kappa shape index (κ2) is 11.1. The van der Waals surface area contributed by atoms with Gasteiger partial charge in [-0.1, -0.05) is 75.2 Å². The lowest BCUT2D eigenvalue weighted by Crippen LogP contribution is -2.13. The van der Waals surface area contributed by atoms with Crippen molar-refractivity contribution in [2.45, 2.75) is 51.9 Å². The highest BCUT2D eigenvalue weighted by Crippen LogP contribution is 2.39. The Morgan fingerprint density at radius 3 is 1.89 bits per heavy atom. The number of halogens is 4. The van der Waals surface area contributed by atoms with Crippen LogP contribution in [0.25, 0.3) is 22.3 Å². The molecule has 3 aromatic carbocycles. The van der Waals surface area contributed by atoms with E-state index in [9.17, 15) is 13.2 Å². The Labute approximate surface area is 204 Å². The number of hydrogen-bond acceptors (Lipinski definition) is 1. The van der Waals surface area contributed by atoms with Crippen molar-refractivity contribution in [1.29, 1.82) is 0 Å². The Hall–Kier alpha value is -3.08. The second-order valence-electron chi connectivity index (χ2n) is 9.29. The van der Waals surface area contributed by atoms with Crippen molar-refractivity contribution in [3.05, 3.63) is 89.5 Å². The summed E-state index contributed by atoms with van der Waals surface area (Å²) in [7, 11) is 0. The molecular weight excluding hydrogens is 452 g/mol. The van der Waals surface area contributed by atoms with E-state index in [-0.39, 0.29) is 29.4 Å². The van der Waals surface area contributed by atoms with Crippen LogP contribution in [-0.2, 0) is 0 Å². The summed E-state index contributed by atoms with van der Waals surface area (Å²) in [6, 6.07) is 12.5. The molecule has 0 bridgehead atoms. The molecule has 5 heteroatoms. The number of ether oxygens (including phenoxy) is 1. The molecule has 1 fully saturated rings. The third-order valence-corrected chi connectivity index (χ3v) is 6.86. The fourth-order valence-electron chi connectivity index (χ4n) is 4.74. The molecule has 0 N–H and O–H groups in total. The van der Waals surface area contributed by atoms with Crippen LogP contribution in [0.3, 0.4) is 0 Å². The van der Waals surface area contributed by atoms with E-state index in [1.54, 1.807) is 42.5 Å². The standard InChI is InChI=1S/C30H30F4O/c1-3-4-5-18-35-26-17-16-25(29(33)30(26)34)22-12-10-21(11-13-22)24-15-14-23(27(31)28(24)32)20-8-6-19(2)7-9-20/h4-5,10-17,19-20H,3,6-9,18H2,1-2H3/b5-4+. The summed E-state index contributed by atoms with van der Waals surface area (Å²) in [5, 5.41) is 0. The summed E-state index contributed by atoms with van der Waals surface area (Å²) in [4.78, 5) is 0. The second-order valence-corrected chi connectivity index (χ2v) is 9.29. The first kappa shape index (κ1) is 25.0. The summed E-state index contributed by atoms with van der Waals surface area (Å²) in [5.41, 5.74) is 1.56. The van der Waals surface area contributed by atoms with E-state index in [2.05, 4.69) is 6.92 Å². The van der Waals surface area contributed by atoms with Gasteiger partial charge >= 0.3 is 0 Å². The Morgan fingerprint density at radius 2 is 1.29 bits per heavy atom. The van der Waals surface area contributed by atoms with Crippen LogP contribution in [0.5, 0.6) is 5.75 Å². The summed E-state index contributed by atoms with van der Waals surface area (Å²) in [6.45, 7) is 4.31. The van der Waals surface area contributed by atoms with Gasteiger partial charge in [0.15, 0.2) is 23.2 Å². The maximum absolute atomic E-state index is 15.0. The van der Waals surface area contributed by atoms with E-state index in [0.717, 1.165) is 32.1 Å². The molecule has 0 saturated heterocycles. The number of benzene rings is 3.